The molecular formula is C14H20O. The number of aliphatic hydroxyl groups is 1. The topological polar surface area (TPSA) is 20.2 Å². The van der Waals surface area contributed by atoms with Crippen molar-refractivity contribution in [1.29, 1.82) is 0 Å². The molecule has 0 aliphatic heterocycles. The van der Waals surface area contributed by atoms with Gasteiger partial charge in [-0.2, -0.15) is 0 Å². The van der Waals surface area contributed by atoms with Gasteiger partial charge in [0.05, 0.1) is 5.60 Å². The first-order chi connectivity index (χ1) is 7.13. The highest BCUT2D eigenvalue weighted by molar-refractivity contribution is 5.27. The van der Waals surface area contributed by atoms with E-state index in [4.69, 9.17) is 0 Å². The van der Waals surface area contributed by atoms with Gasteiger partial charge in [-0.15, -0.1) is 0 Å². The Kier molecular flexibility index (Phi) is 2.83. The predicted molar refractivity (Wildman–Crippen MR) is 62.7 cm³/mol. The van der Waals surface area contributed by atoms with Gasteiger partial charge in [0.15, 0.2) is 0 Å². The van der Waals surface area contributed by atoms with Crippen LogP contribution in [0.3, 0.4) is 0 Å². The number of benzene rings is 1. The summed E-state index contributed by atoms with van der Waals surface area (Å²) in [7, 11) is 0. The summed E-state index contributed by atoms with van der Waals surface area (Å²) in [5.41, 5.74) is 1.78. The van der Waals surface area contributed by atoms with Gasteiger partial charge in [-0.25, -0.2) is 0 Å². The molecule has 0 unspecified atom stereocenters. The van der Waals surface area contributed by atoms with Crippen molar-refractivity contribution in [2.45, 2.75) is 45.1 Å². The standard InChI is InChI=1S/C14H20O/c1-11-6-8-13(9-7-11)14(15)10-4-3-5-12(14)2/h6-9,12,15H,3-5,10H2,1-2H3/t12-,14+/m1/s1. The van der Waals surface area contributed by atoms with Gasteiger partial charge >= 0.3 is 0 Å². The van der Waals surface area contributed by atoms with Crippen LogP contribution in [-0.2, 0) is 5.60 Å². The lowest BCUT2D eigenvalue weighted by Gasteiger charge is -2.38. The maximum Gasteiger partial charge on any atom is 0.0921 e. The Labute approximate surface area is 92.1 Å². The van der Waals surface area contributed by atoms with E-state index in [9.17, 15) is 5.11 Å². The van der Waals surface area contributed by atoms with Crippen LogP contribution in [0.5, 0.6) is 0 Å². The summed E-state index contributed by atoms with van der Waals surface area (Å²) in [5.74, 6) is 0.383. The molecule has 2 rings (SSSR count). The van der Waals surface area contributed by atoms with Crippen LogP contribution >= 0.6 is 0 Å². The van der Waals surface area contributed by atoms with Gasteiger partial charge < -0.3 is 5.11 Å². The molecule has 0 aromatic heterocycles. The fraction of sp³-hybridized carbons (Fsp3) is 0.571. The quantitative estimate of drug-likeness (QED) is 0.743. The van der Waals surface area contributed by atoms with E-state index in [1.54, 1.807) is 0 Å². The lowest BCUT2D eigenvalue weighted by molar-refractivity contribution is -0.0469. The first-order valence-corrected chi connectivity index (χ1v) is 5.92. The Morgan fingerprint density at radius 2 is 1.87 bits per heavy atom. The maximum absolute atomic E-state index is 10.7. The van der Waals surface area contributed by atoms with Gasteiger partial charge in [-0.05, 0) is 31.2 Å². The molecule has 0 spiro atoms. The fourth-order valence-corrected chi connectivity index (χ4v) is 2.60. The van der Waals surface area contributed by atoms with E-state index in [1.807, 2.05) is 0 Å². The van der Waals surface area contributed by atoms with Crippen molar-refractivity contribution in [2.24, 2.45) is 5.92 Å². The monoisotopic (exact) mass is 204 g/mol. The second kappa shape index (κ2) is 3.97. The first-order valence-electron chi connectivity index (χ1n) is 5.92. The molecule has 1 nitrogen and oxygen atoms in total. The molecule has 1 aromatic rings. The molecule has 0 heterocycles. The minimum atomic E-state index is -0.577. The van der Waals surface area contributed by atoms with Crippen LogP contribution in [-0.4, -0.2) is 5.11 Å². The Hall–Kier alpha value is -0.820. The van der Waals surface area contributed by atoms with E-state index >= 15 is 0 Å². The van der Waals surface area contributed by atoms with Crippen LogP contribution in [0.1, 0.15) is 43.7 Å². The Morgan fingerprint density at radius 3 is 2.47 bits per heavy atom. The van der Waals surface area contributed by atoms with Crippen LogP contribution in [0, 0.1) is 12.8 Å². The first kappa shape index (κ1) is 10.7. The molecule has 0 saturated heterocycles. The predicted octanol–water partition coefficient (Wildman–Crippen LogP) is 3.39. The highest BCUT2D eigenvalue weighted by atomic mass is 16.3. The van der Waals surface area contributed by atoms with E-state index in [0.717, 1.165) is 24.8 Å². The summed E-state index contributed by atoms with van der Waals surface area (Å²) >= 11 is 0. The lowest BCUT2D eigenvalue weighted by Crippen LogP contribution is -2.36. The van der Waals surface area contributed by atoms with E-state index in [1.165, 1.54) is 12.0 Å². The zero-order valence-corrected chi connectivity index (χ0v) is 9.66. The van der Waals surface area contributed by atoms with Crippen LogP contribution < -0.4 is 0 Å². The molecule has 1 heteroatoms. The number of aryl methyl sites for hydroxylation is 1. The molecule has 1 aliphatic rings. The zero-order valence-electron chi connectivity index (χ0n) is 9.66. The van der Waals surface area contributed by atoms with Crippen molar-refractivity contribution in [3.05, 3.63) is 35.4 Å². The maximum atomic E-state index is 10.7. The minimum absolute atomic E-state index is 0.383. The molecular weight excluding hydrogens is 184 g/mol. The zero-order chi connectivity index (χ0) is 10.9. The minimum Gasteiger partial charge on any atom is -0.385 e. The molecule has 0 radical (unpaired) electrons. The summed E-state index contributed by atoms with van der Waals surface area (Å²) in [5, 5.41) is 10.7. The van der Waals surface area contributed by atoms with Crippen LogP contribution in [0.4, 0.5) is 0 Å². The van der Waals surface area contributed by atoms with Gasteiger partial charge in [-0.3, -0.25) is 0 Å². The third-order valence-electron chi connectivity index (χ3n) is 3.81. The Balaban J connectivity index is 2.30. The number of hydrogen-bond acceptors (Lipinski definition) is 1. The van der Waals surface area contributed by atoms with E-state index in [2.05, 4.69) is 38.1 Å². The van der Waals surface area contributed by atoms with Crippen molar-refractivity contribution in [2.75, 3.05) is 0 Å². The molecule has 1 aliphatic carbocycles. The summed E-state index contributed by atoms with van der Waals surface area (Å²) in [6.07, 6.45) is 4.46. The average molecular weight is 204 g/mol. The van der Waals surface area contributed by atoms with Crippen molar-refractivity contribution < 1.29 is 5.11 Å². The number of rotatable bonds is 1. The van der Waals surface area contributed by atoms with Gasteiger partial charge in [0, 0.05) is 0 Å². The highest BCUT2D eigenvalue weighted by Crippen LogP contribution is 2.41. The molecule has 2 atom stereocenters. The van der Waals surface area contributed by atoms with Crippen molar-refractivity contribution >= 4 is 0 Å². The smallest absolute Gasteiger partial charge is 0.0921 e. The second-order valence-electron chi connectivity index (χ2n) is 4.94. The molecule has 0 amide bonds. The third-order valence-corrected chi connectivity index (χ3v) is 3.81. The van der Waals surface area contributed by atoms with Crippen LogP contribution in [0.25, 0.3) is 0 Å². The van der Waals surface area contributed by atoms with E-state index in [0.29, 0.717) is 5.92 Å². The van der Waals surface area contributed by atoms with Gasteiger partial charge in [0.2, 0.25) is 0 Å². The molecule has 1 fully saturated rings. The molecule has 1 saturated carbocycles. The Bertz CT molecular complexity index is 328. The Morgan fingerprint density at radius 1 is 1.20 bits per heavy atom. The number of hydrogen-bond donors (Lipinski definition) is 1. The third kappa shape index (κ3) is 1.93. The van der Waals surface area contributed by atoms with Gasteiger partial charge in [-0.1, -0.05) is 49.6 Å². The summed E-state index contributed by atoms with van der Waals surface area (Å²) in [6, 6.07) is 8.34. The van der Waals surface area contributed by atoms with Crippen LogP contribution in [0.2, 0.25) is 0 Å². The SMILES string of the molecule is Cc1ccc([C@]2(O)CCCC[C@H]2C)cc1. The van der Waals surface area contributed by atoms with Crippen molar-refractivity contribution in [1.82, 2.24) is 0 Å². The summed E-state index contributed by atoms with van der Waals surface area (Å²) in [4.78, 5) is 0. The second-order valence-corrected chi connectivity index (χ2v) is 4.94. The normalized spacial score (nSPS) is 31.5. The summed E-state index contributed by atoms with van der Waals surface area (Å²) in [6.45, 7) is 4.25. The lowest BCUT2D eigenvalue weighted by atomic mass is 9.72. The largest absolute Gasteiger partial charge is 0.385 e. The highest BCUT2D eigenvalue weighted by Gasteiger charge is 2.37. The molecule has 1 N–H and O–H groups in total. The molecule has 1 aromatic carbocycles. The van der Waals surface area contributed by atoms with Gasteiger partial charge in [0.1, 0.15) is 0 Å². The van der Waals surface area contributed by atoms with Crippen molar-refractivity contribution in [3.63, 3.8) is 0 Å². The van der Waals surface area contributed by atoms with Gasteiger partial charge in [0.25, 0.3) is 0 Å². The molecule has 0 bridgehead atoms. The van der Waals surface area contributed by atoms with Crippen molar-refractivity contribution in [3.8, 4) is 0 Å². The molecule has 82 valence electrons. The molecule has 15 heavy (non-hydrogen) atoms. The van der Waals surface area contributed by atoms with E-state index < -0.39 is 5.60 Å². The fourth-order valence-electron chi connectivity index (χ4n) is 2.60. The summed E-state index contributed by atoms with van der Waals surface area (Å²) < 4.78 is 0. The average Bonchev–Trinajstić information content (AvgIpc) is 2.23. The van der Waals surface area contributed by atoms with Crippen LogP contribution in [0.15, 0.2) is 24.3 Å². The van der Waals surface area contributed by atoms with E-state index in [-0.39, 0.29) is 0 Å².